The number of rotatable bonds is 3. The number of urea groups is 1. The summed E-state index contributed by atoms with van der Waals surface area (Å²) in [6.45, 7) is 1.99. The highest BCUT2D eigenvalue weighted by Crippen LogP contribution is 2.31. The SMILES string of the molecule is CC(c1cc2ccccc2o1)N(C)C(=O)NC1CCc2ccccc21. The minimum Gasteiger partial charge on any atom is -0.459 e. The first kappa shape index (κ1) is 15.8. The number of aryl methyl sites for hydroxylation is 1. The third kappa shape index (κ3) is 2.88. The average Bonchev–Trinajstić information content (AvgIpc) is 3.25. The van der Waals surface area contributed by atoms with Crippen molar-refractivity contribution in [1.82, 2.24) is 10.2 Å². The van der Waals surface area contributed by atoms with Crippen LogP contribution in [0.5, 0.6) is 0 Å². The molecule has 0 saturated carbocycles. The Morgan fingerprint density at radius 2 is 1.96 bits per heavy atom. The highest BCUT2D eigenvalue weighted by atomic mass is 16.3. The normalized spacial score (nSPS) is 17.3. The lowest BCUT2D eigenvalue weighted by molar-refractivity contribution is 0.184. The lowest BCUT2D eigenvalue weighted by Gasteiger charge is -2.26. The number of nitrogens with zero attached hydrogens (tertiary/aromatic N) is 1. The van der Waals surface area contributed by atoms with Crippen LogP contribution in [0.2, 0.25) is 0 Å². The highest BCUT2D eigenvalue weighted by molar-refractivity contribution is 5.78. The van der Waals surface area contributed by atoms with Gasteiger partial charge in [0.2, 0.25) is 0 Å². The van der Waals surface area contributed by atoms with Gasteiger partial charge >= 0.3 is 6.03 Å². The van der Waals surface area contributed by atoms with Gasteiger partial charge in [0.1, 0.15) is 11.3 Å². The summed E-state index contributed by atoms with van der Waals surface area (Å²) in [4.78, 5) is 14.4. The predicted molar refractivity (Wildman–Crippen MR) is 98.4 cm³/mol. The number of nitrogens with one attached hydrogen (secondary N) is 1. The maximum absolute atomic E-state index is 12.7. The summed E-state index contributed by atoms with van der Waals surface area (Å²) in [6, 6.07) is 18.1. The Balaban J connectivity index is 1.48. The number of carbonyl (C=O) groups is 1. The molecule has 0 fully saturated rings. The molecule has 2 atom stereocenters. The monoisotopic (exact) mass is 334 g/mol. The van der Waals surface area contributed by atoms with Gasteiger partial charge in [-0.2, -0.15) is 0 Å². The third-order valence-electron chi connectivity index (χ3n) is 5.19. The number of carbonyl (C=O) groups excluding carboxylic acids is 1. The number of hydrogen-bond donors (Lipinski definition) is 1. The minimum atomic E-state index is -0.135. The Morgan fingerprint density at radius 1 is 1.20 bits per heavy atom. The van der Waals surface area contributed by atoms with Crippen LogP contribution in [0.25, 0.3) is 11.0 Å². The molecule has 2 unspecified atom stereocenters. The summed E-state index contributed by atoms with van der Waals surface area (Å²) >= 11 is 0. The largest absolute Gasteiger partial charge is 0.459 e. The van der Waals surface area contributed by atoms with Gasteiger partial charge in [-0.15, -0.1) is 0 Å². The van der Waals surface area contributed by atoms with Gasteiger partial charge in [0.05, 0.1) is 12.1 Å². The van der Waals surface area contributed by atoms with Crippen LogP contribution in [0.15, 0.2) is 59.0 Å². The number of para-hydroxylation sites is 1. The van der Waals surface area contributed by atoms with Crippen LogP contribution in [-0.4, -0.2) is 18.0 Å². The fourth-order valence-electron chi connectivity index (χ4n) is 3.53. The summed E-state index contributed by atoms with van der Waals surface area (Å²) in [5, 5.41) is 4.22. The maximum atomic E-state index is 12.7. The van der Waals surface area contributed by atoms with Gasteiger partial charge in [-0.1, -0.05) is 42.5 Å². The molecule has 1 N–H and O–H groups in total. The van der Waals surface area contributed by atoms with E-state index in [2.05, 4.69) is 23.5 Å². The van der Waals surface area contributed by atoms with E-state index in [-0.39, 0.29) is 18.1 Å². The van der Waals surface area contributed by atoms with E-state index in [0.29, 0.717) is 0 Å². The fourth-order valence-corrected chi connectivity index (χ4v) is 3.53. The number of amides is 2. The highest BCUT2D eigenvalue weighted by Gasteiger charge is 2.27. The quantitative estimate of drug-likeness (QED) is 0.746. The van der Waals surface area contributed by atoms with Gasteiger partial charge in [-0.25, -0.2) is 4.79 Å². The number of hydrogen-bond acceptors (Lipinski definition) is 2. The molecule has 1 aliphatic rings. The maximum Gasteiger partial charge on any atom is 0.318 e. The van der Waals surface area contributed by atoms with Gasteiger partial charge in [0.15, 0.2) is 0 Å². The van der Waals surface area contributed by atoms with Crippen molar-refractivity contribution in [3.8, 4) is 0 Å². The Labute approximate surface area is 147 Å². The van der Waals surface area contributed by atoms with Crippen molar-refractivity contribution in [1.29, 1.82) is 0 Å². The molecule has 1 heterocycles. The van der Waals surface area contributed by atoms with E-state index in [1.165, 1.54) is 11.1 Å². The molecule has 0 aliphatic heterocycles. The van der Waals surface area contributed by atoms with E-state index >= 15 is 0 Å². The van der Waals surface area contributed by atoms with Crippen molar-refractivity contribution in [3.63, 3.8) is 0 Å². The number of furan rings is 1. The average molecular weight is 334 g/mol. The van der Waals surface area contributed by atoms with Crippen LogP contribution in [-0.2, 0) is 6.42 Å². The molecule has 1 aliphatic carbocycles. The summed E-state index contributed by atoms with van der Waals surface area (Å²) in [5.74, 6) is 0.797. The van der Waals surface area contributed by atoms with Crippen molar-refractivity contribution in [2.75, 3.05) is 7.05 Å². The molecule has 128 valence electrons. The first-order valence-corrected chi connectivity index (χ1v) is 8.73. The van der Waals surface area contributed by atoms with Gasteiger partial charge in [0, 0.05) is 12.4 Å². The molecule has 4 heteroatoms. The molecule has 0 bridgehead atoms. The zero-order valence-electron chi connectivity index (χ0n) is 14.5. The zero-order chi connectivity index (χ0) is 17.4. The summed E-state index contributed by atoms with van der Waals surface area (Å²) in [5.41, 5.74) is 3.42. The molecule has 0 radical (unpaired) electrons. The third-order valence-corrected chi connectivity index (χ3v) is 5.19. The Kier molecular flexibility index (Phi) is 3.96. The molecule has 3 aromatic rings. The second kappa shape index (κ2) is 6.28. The molecule has 0 spiro atoms. The standard InChI is InChI=1S/C21H22N2O2/c1-14(20-13-16-8-4-6-10-19(16)25-20)23(2)21(24)22-18-12-11-15-7-3-5-9-17(15)18/h3-10,13-14,18H,11-12H2,1-2H3,(H,22,24). The van der Waals surface area contributed by atoms with E-state index in [1.54, 1.807) is 4.90 Å². The summed E-state index contributed by atoms with van der Waals surface area (Å²) in [6.07, 6.45) is 1.97. The Hall–Kier alpha value is -2.75. The van der Waals surface area contributed by atoms with E-state index in [4.69, 9.17) is 4.42 Å². The number of benzene rings is 2. The van der Waals surface area contributed by atoms with Crippen LogP contribution in [0.3, 0.4) is 0 Å². The first-order chi connectivity index (χ1) is 12.1. The molecule has 4 nitrogen and oxygen atoms in total. The smallest absolute Gasteiger partial charge is 0.318 e. The van der Waals surface area contributed by atoms with Gasteiger partial charge in [-0.05, 0) is 43.0 Å². The van der Waals surface area contributed by atoms with Crippen molar-refractivity contribution in [2.24, 2.45) is 0 Å². The van der Waals surface area contributed by atoms with E-state index in [1.807, 2.05) is 50.4 Å². The van der Waals surface area contributed by atoms with Crippen LogP contribution in [0, 0.1) is 0 Å². The van der Waals surface area contributed by atoms with Gasteiger partial charge in [-0.3, -0.25) is 0 Å². The topological polar surface area (TPSA) is 45.5 Å². The molecule has 25 heavy (non-hydrogen) atoms. The van der Waals surface area contributed by atoms with Crippen molar-refractivity contribution in [2.45, 2.75) is 31.8 Å². The molecule has 1 aromatic heterocycles. The lowest BCUT2D eigenvalue weighted by Crippen LogP contribution is -2.40. The molecule has 4 rings (SSSR count). The molecule has 0 saturated heterocycles. The van der Waals surface area contributed by atoms with Crippen molar-refractivity contribution >= 4 is 17.0 Å². The van der Waals surface area contributed by atoms with Crippen LogP contribution in [0.1, 0.15) is 42.3 Å². The fraction of sp³-hybridized carbons (Fsp3) is 0.286. The first-order valence-electron chi connectivity index (χ1n) is 8.73. The van der Waals surface area contributed by atoms with E-state index < -0.39 is 0 Å². The van der Waals surface area contributed by atoms with Crippen LogP contribution in [0.4, 0.5) is 4.79 Å². The van der Waals surface area contributed by atoms with Gasteiger partial charge < -0.3 is 14.6 Å². The Morgan fingerprint density at radius 3 is 2.80 bits per heavy atom. The van der Waals surface area contributed by atoms with E-state index in [0.717, 1.165) is 29.6 Å². The summed E-state index contributed by atoms with van der Waals surface area (Å²) in [7, 11) is 1.81. The minimum absolute atomic E-state index is 0.0744. The van der Waals surface area contributed by atoms with E-state index in [9.17, 15) is 4.79 Å². The molecular formula is C21H22N2O2. The molecule has 2 amide bonds. The summed E-state index contributed by atoms with van der Waals surface area (Å²) < 4.78 is 5.91. The zero-order valence-corrected chi connectivity index (χ0v) is 14.5. The molecule has 2 aromatic carbocycles. The van der Waals surface area contributed by atoms with Crippen LogP contribution < -0.4 is 5.32 Å². The predicted octanol–water partition coefficient (Wildman–Crippen LogP) is 4.82. The van der Waals surface area contributed by atoms with Crippen molar-refractivity contribution in [3.05, 3.63) is 71.5 Å². The lowest BCUT2D eigenvalue weighted by atomic mass is 10.1. The number of fused-ring (bicyclic) bond motifs is 2. The van der Waals surface area contributed by atoms with Gasteiger partial charge in [0.25, 0.3) is 0 Å². The van der Waals surface area contributed by atoms with Crippen molar-refractivity contribution < 1.29 is 9.21 Å². The molecular weight excluding hydrogens is 312 g/mol. The van der Waals surface area contributed by atoms with Crippen LogP contribution >= 0.6 is 0 Å². The Bertz CT molecular complexity index is 882. The second-order valence-electron chi connectivity index (χ2n) is 6.71. The second-order valence-corrected chi connectivity index (χ2v) is 6.71.